The van der Waals surface area contributed by atoms with Crippen molar-refractivity contribution < 1.29 is 19.0 Å². The summed E-state index contributed by atoms with van der Waals surface area (Å²) in [5.41, 5.74) is 0.594. The number of ether oxygens (including phenoxy) is 3. The number of methoxy groups -OCH3 is 2. The molecule has 0 aromatic carbocycles. The Labute approximate surface area is 77.5 Å². The van der Waals surface area contributed by atoms with Gasteiger partial charge in [0.25, 0.3) is 0 Å². The van der Waals surface area contributed by atoms with Gasteiger partial charge >= 0.3 is 5.97 Å². The summed E-state index contributed by atoms with van der Waals surface area (Å²) < 4.78 is 14.9. The molecule has 0 aromatic heterocycles. The normalized spacial score (nSPS) is 25.8. The summed E-state index contributed by atoms with van der Waals surface area (Å²) in [7, 11) is 3.07. The molecule has 1 aliphatic rings. The molecule has 0 radical (unpaired) electrons. The van der Waals surface area contributed by atoms with Crippen molar-refractivity contribution in [1.82, 2.24) is 0 Å². The monoisotopic (exact) mass is 186 g/mol. The smallest absolute Gasteiger partial charge is 0.339 e. The summed E-state index contributed by atoms with van der Waals surface area (Å²) in [5, 5.41) is 0. The predicted molar refractivity (Wildman–Crippen MR) is 45.8 cm³/mol. The van der Waals surface area contributed by atoms with Gasteiger partial charge in [0.15, 0.2) is 0 Å². The molecule has 1 saturated heterocycles. The van der Waals surface area contributed by atoms with Gasteiger partial charge in [-0.2, -0.15) is 0 Å². The van der Waals surface area contributed by atoms with E-state index >= 15 is 0 Å². The van der Waals surface area contributed by atoms with E-state index in [4.69, 9.17) is 14.2 Å². The SMILES string of the molecule is CC/C(OC)=C1/CC(OC)OC1=O. The minimum Gasteiger partial charge on any atom is -0.501 e. The Morgan fingerprint density at radius 2 is 2.31 bits per heavy atom. The second-order valence-electron chi connectivity index (χ2n) is 2.73. The summed E-state index contributed by atoms with van der Waals surface area (Å²) in [6, 6.07) is 0. The highest BCUT2D eigenvalue weighted by Gasteiger charge is 2.31. The third kappa shape index (κ3) is 2.01. The first kappa shape index (κ1) is 10.1. The van der Waals surface area contributed by atoms with Gasteiger partial charge in [0.05, 0.1) is 12.7 Å². The second kappa shape index (κ2) is 4.28. The van der Waals surface area contributed by atoms with Gasteiger partial charge in [0, 0.05) is 20.0 Å². The highest BCUT2D eigenvalue weighted by Crippen LogP contribution is 2.25. The predicted octanol–water partition coefficient (Wildman–Crippen LogP) is 1.22. The van der Waals surface area contributed by atoms with Crippen LogP contribution in [-0.4, -0.2) is 26.5 Å². The Bertz CT molecular complexity index is 226. The Morgan fingerprint density at radius 1 is 1.62 bits per heavy atom. The largest absolute Gasteiger partial charge is 0.501 e. The third-order valence-electron chi connectivity index (χ3n) is 2.02. The molecule has 1 fully saturated rings. The van der Waals surface area contributed by atoms with E-state index in [1.807, 2.05) is 6.92 Å². The van der Waals surface area contributed by atoms with Crippen LogP contribution in [0.1, 0.15) is 19.8 Å². The first-order chi connectivity index (χ1) is 6.22. The van der Waals surface area contributed by atoms with Crippen molar-refractivity contribution in [2.45, 2.75) is 26.1 Å². The Kier molecular flexibility index (Phi) is 3.31. The number of esters is 1. The molecule has 74 valence electrons. The minimum absolute atomic E-state index is 0.328. The molecule has 0 bridgehead atoms. The lowest BCUT2D eigenvalue weighted by atomic mass is 10.1. The van der Waals surface area contributed by atoms with E-state index in [1.165, 1.54) is 7.11 Å². The maximum Gasteiger partial charge on any atom is 0.339 e. The van der Waals surface area contributed by atoms with Gasteiger partial charge in [-0.25, -0.2) is 4.79 Å². The number of carbonyl (C=O) groups is 1. The lowest BCUT2D eigenvalue weighted by molar-refractivity contribution is -0.156. The zero-order valence-electron chi connectivity index (χ0n) is 8.12. The molecule has 13 heavy (non-hydrogen) atoms. The zero-order valence-corrected chi connectivity index (χ0v) is 8.12. The summed E-state index contributed by atoms with van der Waals surface area (Å²) >= 11 is 0. The minimum atomic E-state index is -0.445. The van der Waals surface area contributed by atoms with Crippen molar-refractivity contribution in [2.24, 2.45) is 0 Å². The molecule has 1 unspecified atom stereocenters. The second-order valence-corrected chi connectivity index (χ2v) is 2.73. The Hall–Kier alpha value is -1.03. The van der Waals surface area contributed by atoms with Crippen molar-refractivity contribution in [3.8, 4) is 0 Å². The van der Waals surface area contributed by atoms with Crippen LogP contribution in [0.15, 0.2) is 11.3 Å². The topological polar surface area (TPSA) is 44.8 Å². The summed E-state index contributed by atoms with van der Waals surface area (Å²) in [5.74, 6) is 0.357. The van der Waals surface area contributed by atoms with Gasteiger partial charge in [-0.05, 0) is 0 Å². The number of allylic oxidation sites excluding steroid dienone is 1. The van der Waals surface area contributed by atoms with E-state index in [0.29, 0.717) is 24.2 Å². The lowest BCUT2D eigenvalue weighted by Gasteiger charge is -2.04. The van der Waals surface area contributed by atoms with Gasteiger partial charge in [-0.3, -0.25) is 0 Å². The first-order valence-corrected chi connectivity index (χ1v) is 4.22. The molecule has 1 heterocycles. The van der Waals surface area contributed by atoms with Crippen molar-refractivity contribution >= 4 is 5.97 Å². The van der Waals surface area contributed by atoms with Crippen LogP contribution in [0.3, 0.4) is 0 Å². The average Bonchev–Trinajstić information content (AvgIpc) is 2.50. The number of hydrogen-bond donors (Lipinski definition) is 0. The third-order valence-corrected chi connectivity index (χ3v) is 2.02. The van der Waals surface area contributed by atoms with Crippen LogP contribution < -0.4 is 0 Å². The van der Waals surface area contributed by atoms with Crippen molar-refractivity contribution in [3.63, 3.8) is 0 Å². The van der Waals surface area contributed by atoms with Crippen LogP contribution >= 0.6 is 0 Å². The Morgan fingerprint density at radius 3 is 2.69 bits per heavy atom. The van der Waals surface area contributed by atoms with E-state index in [1.54, 1.807) is 7.11 Å². The fourth-order valence-corrected chi connectivity index (χ4v) is 1.32. The average molecular weight is 186 g/mol. The van der Waals surface area contributed by atoms with Crippen molar-refractivity contribution in [2.75, 3.05) is 14.2 Å². The zero-order chi connectivity index (χ0) is 9.84. The van der Waals surface area contributed by atoms with E-state index in [0.717, 1.165) is 0 Å². The molecule has 0 N–H and O–H groups in total. The molecule has 0 amide bonds. The van der Waals surface area contributed by atoms with Gasteiger partial charge in [-0.15, -0.1) is 0 Å². The highest BCUT2D eigenvalue weighted by atomic mass is 16.7. The van der Waals surface area contributed by atoms with Crippen molar-refractivity contribution in [1.29, 1.82) is 0 Å². The molecular formula is C9H14O4. The lowest BCUT2D eigenvalue weighted by Crippen LogP contribution is -2.07. The van der Waals surface area contributed by atoms with Gasteiger partial charge in [0.2, 0.25) is 6.29 Å². The number of cyclic esters (lactones) is 1. The standard InChI is InChI=1S/C9H14O4/c1-4-7(11-2)6-5-8(12-3)13-9(6)10/h8H,4-5H2,1-3H3/b7-6+. The van der Waals surface area contributed by atoms with Crippen LogP contribution in [0.25, 0.3) is 0 Å². The molecule has 1 rings (SSSR count). The molecule has 0 aromatic rings. The van der Waals surface area contributed by atoms with Crippen LogP contribution in [0.2, 0.25) is 0 Å². The molecule has 0 spiro atoms. The molecule has 1 aliphatic heterocycles. The van der Waals surface area contributed by atoms with Gasteiger partial charge < -0.3 is 14.2 Å². The molecular weight excluding hydrogens is 172 g/mol. The summed E-state index contributed by atoms with van der Waals surface area (Å²) in [6.45, 7) is 1.93. The molecule has 0 saturated carbocycles. The number of carbonyl (C=O) groups excluding carboxylic acids is 1. The molecule has 4 nitrogen and oxygen atoms in total. The number of rotatable bonds is 3. The van der Waals surface area contributed by atoms with Crippen LogP contribution in [-0.2, 0) is 19.0 Å². The van der Waals surface area contributed by atoms with E-state index in [2.05, 4.69) is 0 Å². The van der Waals surface area contributed by atoms with Gasteiger partial charge in [0.1, 0.15) is 5.76 Å². The van der Waals surface area contributed by atoms with E-state index in [9.17, 15) is 4.79 Å². The van der Waals surface area contributed by atoms with E-state index in [-0.39, 0.29) is 5.97 Å². The quantitative estimate of drug-likeness (QED) is 0.377. The highest BCUT2D eigenvalue weighted by molar-refractivity contribution is 5.91. The molecule has 4 heteroatoms. The van der Waals surface area contributed by atoms with Crippen LogP contribution in [0, 0.1) is 0 Å². The molecule has 0 aliphatic carbocycles. The van der Waals surface area contributed by atoms with Crippen LogP contribution in [0.4, 0.5) is 0 Å². The maximum atomic E-state index is 11.3. The maximum absolute atomic E-state index is 11.3. The summed E-state index contributed by atoms with van der Waals surface area (Å²) in [6.07, 6.45) is 0.725. The molecule has 1 atom stereocenters. The van der Waals surface area contributed by atoms with Crippen LogP contribution in [0.5, 0.6) is 0 Å². The summed E-state index contributed by atoms with van der Waals surface area (Å²) in [4.78, 5) is 11.3. The van der Waals surface area contributed by atoms with Crippen molar-refractivity contribution in [3.05, 3.63) is 11.3 Å². The fourth-order valence-electron chi connectivity index (χ4n) is 1.32. The Balaban J connectivity index is 2.81. The fraction of sp³-hybridized carbons (Fsp3) is 0.667. The number of hydrogen-bond acceptors (Lipinski definition) is 4. The first-order valence-electron chi connectivity index (χ1n) is 4.22. The van der Waals surface area contributed by atoms with Gasteiger partial charge in [-0.1, -0.05) is 6.92 Å². The van der Waals surface area contributed by atoms with E-state index < -0.39 is 6.29 Å².